The second-order valence-corrected chi connectivity index (χ2v) is 20.8. The zero-order valence-electron chi connectivity index (χ0n) is 31.3. The summed E-state index contributed by atoms with van der Waals surface area (Å²) in [4.78, 5) is 29.3. The van der Waals surface area contributed by atoms with Crippen molar-refractivity contribution < 1.29 is 28.6 Å². The van der Waals surface area contributed by atoms with E-state index < -0.39 is 8.32 Å². The molecule has 0 saturated carbocycles. The first kappa shape index (κ1) is 38.5. The standard InChI is InChI=1S/C43H52INO6Si/c1-7-21-45-41(47)33-25-30(26-51-52(43(3,4)5,31-15-11-9-12-16-31)32-17-13-10-14-18-32)38-34(39(33)42(45)48)27-50-36(38)20-19-28(8-2)22-29-23-35(44)40(46)37(24-29)49-6/h9-18,22-24,33-34,36,39,46H,7-8,19-21,25-27H2,1-6H3/b28-22+/t33-,34+,36-,39-/m1/s1. The minimum absolute atomic E-state index is 0.0411. The highest BCUT2D eigenvalue weighted by Crippen LogP contribution is 2.50. The first-order chi connectivity index (χ1) is 24.9. The molecule has 0 radical (unpaired) electrons. The second kappa shape index (κ2) is 16.0. The van der Waals surface area contributed by atoms with Gasteiger partial charge >= 0.3 is 0 Å². The molecule has 276 valence electrons. The van der Waals surface area contributed by atoms with Gasteiger partial charge in [-0.25, -0.2) is 0 Å². The number of carbonyl (C=O) groups is 2. The maximum absolute atomic E-state index is 13.9. The molecule has 2 fully saturated rings. The molecule has 2 saturated heterocycles. The highest BCUT2D eigenvalue weighted by atomic mass is 127. The minimum atomic E-state index is -2.87. The minimum Gasteiger partial charge on any atom is -0.504 e. The maximum atomic E-state index is 13.9. The predicted octanol–water partition coefficient (Wildman–Crippen LogP) is 7.88. The number of aromatic hydroxyl groups is 1. The van der Waals surface area contributed by atoms with Crippen LogP contribution in [-0.4, -0.2) is 63.1 Å². The Morgan fingerprint density at radius 3 is 2.23 bits per heavy atom. The quantitative estimate of drug-likeness (QED) is 0.0817. The highest BCUT2D eigenvalue weighted by molar-refractivity contribution is 14.1. The molecule has 1 N–H and O–H groups in total. The van der Waals surface area contributed by atoms with E-state index in [9.17, 15) is 14.7 Å². The molecule has 7 nitrogen and oxygen atoms in total. The summed E-state index contributed by atoms with van der Waals surface area (Å²) in [6.07, 6.45) is 5.70. The van der Waals surface area contributed by atoms with Crippen LogP contribution in [0.4, 0.5) is 0 Å². The highest BCUT2D eigenvalue weighted by Gasteiger charge is 2.57. The first-order valence-electron chi connectivity index (χ1n) is 18.6. The van der Waals surface area contributed by atoms with Crippen molar-refractivity contribution >= 4 is 59.2 Å². The van der Waals surface area contributed by atoms with Crippen LogP contribution >= 0.6 is 22.6 Å². The number of benzene rings is 3. The number of nitrogens with zero attached hydrogens (tertiary/aromatic N) is 1. The summed E-state index contributed by atoms with van der Waals surface area (Å²) in [5.41, 5.74) is 4.54. The van der Waals surface area contributed by atoms with Crippen LogP contribution in [-0.2, 0) is 18.8 Å². The van der Waals surface area contributed by atoms with Crippen molar-refractivity contribution in [3.63, 3.8) is 0 Å². The molecule has 3 aromatic carbocycles. The smallest absolute Gasteiger partial charge is 0.261 e. The van der Waals surface area contributed by atoms with Gasteiger partial charge in [0.25, 0.3) is 8.32 Å². The SMILES string of the molecule is CCCN1C(=O)[C@@H]2[C@@H](CC(CO[Si](c3ccccc3)(c3ccccc3)C(C)(C)C)=C3[C@@H](CC/C(=C/c4cc(I)c(O)c(OC)c4)CC)OC[C@@H]32)C1=O. The van der Waals surface area contributed by atoms with Crippen LogP contribution < -0.4 is 15.1 Å². The van der Waals surface area contributed by atoms with Gasteiger partial charge in [-0.3, -0.25) is 14.5 Å². The van der Waals surface area contributed by atoms with E-state index in [4.69, 9.17) is 13.9 Å². The van der Waals surface area contributed by atoms with E-state index in [1.807, 2.05) is 19.1 Å². The third-order valence-electron chi connectivity index (χ3n) is 11.2. The Kier molecular flexibility index (Phi) is 11.8. The maximum Gasteiger partial charge on any atom is 0.261 e. The molecule has 6 rings (SSSR count). The molecular weight excluding hydrogens is 781 g/mol. The Balaban J connectivity index is 1.38. The fourth-order valence-corrected chi connectivity index (χ4v) is 14.0. The van der Waals surface area contributed by atoms with Gasteiger partial charge in [-0.1, -0.05) is 107 Å². The summed E-state index contributed by atoms with van der Waals surface area (Å²) < 4.78 is 20.3. The summed E-state index contributed by atoms with van der Waals surface area (Å²) in [6, 6.07) is 25.1. The molecule has 2 amide bonds. The Morgan fingerprint density at radius 2 is 1.65 bits per heavy atom. The number of methoxy groups -OCH3 is 1. The van der Waals surface area contributed by atoms with Crippen molar-refractivity contribution in [2.24, 2.45) is 17.8 Å². The molecule has 1 aliphatic carbocycles. The van der Waals surface area contributed by atoms with E-state index in [1.165, 1.54) is 26.4 Å². The zero-order chi connectivity index (χ0) is 37.2. The zero-order valence-corrected chi connectivity index (χ0v) is 34.4. The number of phenols is 1. The van der Waals surface area contributed by atoms with Crippen molar-refractivity contribution in [2.45, 2.75) is 77.9 Å². The lowest BCUT2D eigenvalue weighted by molar-refractivity contribution is -0.140. The fourth-order valence-electron chi connectivity index (χ4n) is 8.81. The summed E-state index contributed by atoms with van der Waals surface area (Å²) in [5, 5.41) is 12.6. The van der Waals surface area contributed by atoms with Gasteiger partial charge in [-0.15, -0.1) is 0 Å². The number of likely N-dealkylation sites (tertiary alicyclic amines) is 1. The van der Waals surface area contributed by atoms with E-state index in [-0.39, 0.29) is 46.5 Å². The molecule has 52 heavy (non-hydrogen) atoms. The third-order valence-corrected chi connectivity index (χ3v) is 17.1. The number of hydrogen-bond donors (Lipinski definition) is 1. The molecule has 3 aromatic rings. The van der Waals surface area contributed by atoms with Gasteiger partial charge in [0.15, 0.2) is 11.5 Å². The Labute approximate surface area is 323 Å². The van der Waals surface area contributed by atoms with Crippen molar-refractivity contribution in [3.8, 4) is 11.5 Å². The number of rotatable bonds is 13. The van der Waals surface area contributed by atoms with Gasteiger partial charge in [0.1, 0.15) is 0 Å². The number of phenolic OH excluding ortho intramolecular Hbond substituents is 1. The Bertz CT molecular complexity index is 1800. The average molecular weight is 834 g/mol. The van der Waals surface area contributed by atoms with Crippen LogP contribution in [0, 0.1) is 21.3 Å². The van der Waals surface area contributed by atoms with Crippen LogP contribution in [0.2, 0.25) is 5.04 Å². The fraction of sp³-hybridized carbons (Fsp3) is 0.442. The van der Waals surface area contributed by atoms with Crippen LogP contribution in [0.5, 0.6) is 11.5 Å². The number of imide groups is 1. The first-order valence-corrected chi connectivity index (χ1v) is 21.6. The number of hydrogen-bond acceptors (Lipinski definition) is 6. The van der Waals surface area contributed by atoms with Crippen molar-refractivity contribution in [1.82, 2.24) is 4.90 Å². The molecule has 0 unspecified atom stereocenters. The molecule has 0 aromatic heterocycles. The molecule has 9 heteroatoms. The van der Waals surface area contributed by atoms with E-state index in [2.05, 4.69) is 117 Å². The van der Waals surface area contributed by atoms with Gasteiger partial charge in [0.2, 0.25) is 11.8 Å². The van der Waals surface area contributed by atoms with Crippen molar-refractivity contribution in [1.29, 1.82) is 0 Å². The van der Waals surface area contributed by atoms with Gasteiger partial charge in [-0.05, 0) is 98.9 Å². The van der Waals surface area contributed by atoms with E-state index in [0.29, 0.717) is 31.9 Å². The predicted molar refractivity (Wildman–Crippen MR) is 217 cm³/mol. The monoisotopic (exact) mass is 833 g/mol. The van der Waals surface area contributed by atoms with Gasteiger partial charge in [0.05, 0.1) is 41.8 Å². The van der Waals surface area contributed by atoms with Gasteiger partial charge in [-0.2, -0.15) is 0 Å². The van der Waals surface area contributed by atoms with Crippen LogP contribution in [0.15, 0.2) is 89.5 Å². The van der Waals surface area contributed by atoms with Crippen LogP contribution in [0.25, 0.3) is 6.08 Å². The van der Waals surface area contributed by atoms with E-state index in [0.717, 1.165) is 40.4 Å². The number of amides is 2. The van der Waals surface area contributed by atoms with E-state index in [1.54, 1.807) is 7.11 Å². The lowest BCUT2D eigenvalue weighted by Crippen LogP contribution is -2.66. The number of allylic oxidation sites excluding steroid dienone is 1. The summed E-state index contributed by atoms with van der Waals surface area (Å²) in [6.45, 7) is 12.3. The molecule has 2 aliphatic heterocycles. The number of halogens is 1. The van der Waals surface area contributed by atoms with E-state index >= 15 is 0 Å². The average Bonchev–Trinajstić information content (AvgIpc) is 3.66. The van der Waals surface area contributed by atoms with Crippen LogP contribution in [0.3, 0.4) is 0 Å². The largest absolute Gasteiger partial charge is 0.504 e. The molecule has 3 aliphatic rings. The van der Waals surface area contributed by atoms with Crippen LogP contribution in [0.1, 0.15) is 72.3 Å². The summed E-state index contributed by atoms with van der Waals surface area (Å²) >= 11 is 2.13. The topological polar surface area (TPSA) is 85.3 Å². The molecular formula is C43H52INO6Si. The summed E-state index contributed by atoms with van der Waals surface area (Å²) in [5.74, 6) is -0.392. The molecule has 0 bridgehead atoms. The lowest BCUT2D eigenvalue weighted by atomic mass is 9.69. The number of fused-ring (bicyclic) bond motifs is 3. The lowest BCUT2D eigenvalue weighted by Gasteiger charge is -2.44. The Hall–Kier alpha value is -3.25. The molecule has 4 atom stereocenters. The third kappa shape index (κ3) is 7.18. The number of carbonyl (C=O) groups excluding carboxylic acids is 2. The summed E-state index contributed by atoms with van der Waals surface area (Å²) in [7, 11) is -1.30. The molecule has 2 heterocycles. The van der Waals surface area contributed by atoms with Gasteiger partial charge in [0, 0.05) is 12.5 Å². The number of ether oxygens (including phenoxy) is 2. The normalized spacial score (nSPS) is 22.2. The Morgan fingerprint density at radius 1 is 1.00 bits per heavy atom. The second-order valence-electron chi connectivity index (χ2n) is 15.4. The molecule has 0 spiro atoms. The van der Waals surface area contributed by atoms with Crippen molar-refractivity contribution in [2.75, 3.05) is 26.9 Å². The van der Waals surface area contributed by atoms with Crippen molar-refractivity contribution in [3.05, 3.63) is 98.6 Å². The van der Waals surface area contributed by atoms with Gasteiger partial charge < -0.3 is 19.0 Å².